The van der Waals surface area contributed by atoms with E-state index in [1.165, 1.54) is 6.42 Å². The Hall–Kier alpha value is -0.240. The Bertz CT molecular complexity index is 425. The Morgan fingerprint density at radius 3 is 2.44 bits per heavy atom. The van der Waals surface area contributed by atoms with Crippen LogP contribution in [0.1, 0.15) is 45.1 Å². The van der Waals surface area contributed by atoms with Crippen molar-refractivity contribution in [1.29, 1.82) is 0 Å². The second-order valence-corrected chi connectivity index (χ2v) is 6.71. The molecular weight excluding hydrogens is 265 g/mol. The molecule has 0 aromatic heterocycles. The van der Waals surface area contributed by atoms with Gasteiger partial charge in [-0.3, -0.25) is 0 Å². The van der Waals surface area contributed by atoms with Crippen LogP contribution in [0, 0.1) is 5.92 Å². The molecule has 0 bridgehead atoms. The van der Waals surface area contributed by atoms with Gasteiger partial charge in [-0.05, 0) is 48.9 Å². The minimum atomic E-state index is 0.0479. The van der Waals surface area contributed by atoms with Crippen molar-refractivity contribution in [2.24, 2.45) is 11.7 Å². The highest BCUT2D eigenvalue weighted by molar-refractivity contribution is 6.33. The Balaban J connectivity index is 2.34. The van der Waals surface area contributed by atoms with E-state index in [-0.39, 0.29) is 11.5 Å². The first-order valence-electron chi connectivity index (χ1n) is 6.67. The summed E-state index contributed by atoms with van der Waals surface area (Å²) in [7, 11) is 0. The first kappa shape index (κ1) is 14.2. The lowest BCUT2D eigenvalue weighted by Gasteiger charge is -2.48. The van der Waals surface area contributed by atoms with Gasteiger partial charge in [0.05, 0.1) is 0 Å². The van der Waals surface area contributed by atoms with E-state index in [1.54, 1.807) is 0 Å². The maximum absolute atomic E-state index is 6.46. The van der Waals surface area contributed by atoms with Crippen LogP contribution >= 0.6 is 23.2 Å². The van der Waals surface area contributed by atoms with E-state index in [2.05, 4.69) is 13.8 Å². The van der Waals surface area contributed by atoms with Gasteiger partial charge in [-0.15, -0.1) is 0 Å². The Kier molecular flexibility index (Phi) is 4.25. The van der Waals surface area contributed by atoms with E-state index in [9.17, 15) is 0 Å². The molecule has 0 heterocycles. The predicted octanol–water partition coefficient (Wildman–Crippen LogP) is 4.79. The number of rotatable bonds is 4. The molecule has 1 aromatic carbocycles. The summed E-state index contributed by atoms with van der Waals surface area (Å²) >= 11 is 12.5. The van der Waals surface area contributed by atoms with E-state index in [1.807, 2.05) is 18.2 Å². The molecule has 1 saturated carbocycles. The normalized spacial score (nSPS) is 19.7. The molecule has 2 N–H and O–H groups in total. The van der Waals surface area contributed by atoms with Crippen molar-refractivity contribution < 1.29 is 0 Å². The van der Waals surface area contributed by atoms with Crippen LogP contribution in [-0.4, -0.2) is 6.04 Å². The van der Waals surface area contributed by atoms with Gasteiger partial charge in [0.15, 0.2) is 0 Å². The molecule has 1 fully saturated rings. The van der Waals surface area contributed by atoms with Gasteiger partial charge in [-0.25, -0.2) is 0 Å². The highest BCUT2D eigenvalue weighted by atomic mass is 35.5. The van der Waals surface area contributed by atoms with Crippen LogP contribution in [0.2, 0.25) is 10.0 Å². The molecule has 1 nitrogen and oxygen atoms in total. The average Bonchev–Trinajstić information content (AvgIpc) is 2.20. The first-order chi connectivity index (χ1) is 8.45. The predicted molar refractivity (Wildman–Crippen MR) is 79.4 cm³/mol. The summed E-state index contributed by atoms with van der Waals surface area (Å²) in [5.41, 5.74) is 7.66. The lowest BCUT2D eigenvalue weighted by Crippen LogP contribution is -2.51. The van der Waals surface area contributed by atoms with Crippen LogP contribution in [-0.2, 0) is 5.41 Å². The van der Waals surface area contributed by atoms with Gasteiger partial charge < -0.3 is 5.73 Å². The molecule has 100 valence electrons. The minimum Gasteiger partial charge on any atom is -0.327 e. The molecule has 0 spiro atoms. The van der Waals surface area contributed by atoms with Gasteiger partial charge in [0.2, 0.25) is 0 Å². The topological polar surface area (TPSA) is 26.0 Å². The van der Waals surface area contributed by atoms with E-state index < -0.39 is 0 Å². The van der Waals surface area contributed by atoms with Crippen molar-refractivity contribution in [2.75, 3.05) is 0 Å². The number of hydrogen-bond donors (Lipinski definition) is 1. The largest absolute Gasteiger partial charge is 0.327 e. The lowest BCUT2D eigenvalue weighted by molar-refractivity contribution is 0.178. The van der Waals surface area contributed by atoms with Crippen molar-refractivity contribution >= 4 is 23.2 Å². The number of benzene rings is 1. The highest BCUT2D eigenvalue weighted by Crippen LogP contribution is 2.49. The fourth-order valence-corrected chi connectivity index (χ4v) is 3.49. The summed E-state index contributed by atoms with van der Waals surface area (Å²) < 4.78 is 0. The zero-order valence-electron chi connectivity index (χ0n) is 11.0. The second kappa shape index (κ2) is 5.40. The van der Waals surface area contributed by atoms with Gasteiger partial charge in [0.25, 0.3) is 0 Å². The zero-order valence-corrected chi connectivity index (χ0v) is 12.6. The molecule has 0 aliphatic heterocycles. The Morgan fingerprint density at radius 1 is 1.28 bits per heavy atom. The molecular formula is C15H21Cl2N. The van der Waals surface area contributed by atoms with E-state index in [4.69, 9.17) is 28.9 Å². The second-order valence-electron chi connectivity index (χ2n) is 5.87. The molecule has 0 amide bonds. The van der Waals surface area contributed by atoms with Crippen molar-refractivity contribution in [2.45, 2.75) is 51.0 Å². The summed E-state index contributed by atoms with van der Waals surface area (Å²) in [5, 5.41) is 1.55. The summed E-state index contributed by atoms with van der Waals surface area (Å²) in [6, 6.07) is 5.90. The van der Waals surface area contributed by atoms with Crippen molar-refractivity contribution in [3.63, 3.8) is 0 Å². The van der Waals surface area contributed by atoms with E-state index in [0.29, 0.717) is 5.92 Å². The molecule has 1 aromatic rings. The van der Waals surface area contributed by atoms with Crippen LogP contribution in [0.25, 0.3) is 0 Å². The monoisotopic (exact) mass is 285 g/mol. The fourth-order valence-electron chi connectivity index (χ4n) is 3.01. The summed E-state index contributed by atoms with van der Waals surface area (Å²) in [6.45, 7) is 4.43. The molecule has 0 radical (unpaired) electrons. The molecule has 1 aliphatic rings. The molecule has 1 unspecified atom stereocenters. The Morgan fingerprint density at radius 2 is 1.94 bits per heavy atom. The third-order valence-electron chi connectivity index (χ3n) is 4.15. The fraction of sp³-hybridized carbons (Fsp3) is 0.600. The quantitative estimate of drug-likeness (QED) is 0.846. The van der Waals surface area contributed by atoms with Crippen LogP contribution in [0.3, 0.4) is 0 Å². The first-order valence-corrected chi connectivity index (χ1v) is 7.42. The Labute approximate surface area is 120 Å². The highest BCUT2D eigenvalue weighted by Gasteiger charge is 2.45. The van der Waals surface area contributed by atoms with Crippen LogP contribution < -0.4 is 5.73 Å². The van der Waals surface area contributed by atoms with Crippen LogP contribution in [0.4, 0.5) is 0 Å². The zero-order chi connectivity index (χ0) is 13.3. The van der Waals surface area contributed by atoms with Crippen LogP contribution in [0.5, 0.6) is 0 Å². The average molecular weight is 286 g/mol. The number of nitrogens with two attached hydrogens (primary N) is 1. The third kappa shape index (κ3) is 2.54. The maximum atomic E-state index is 6.46. The van der Waals surface area contributed by atoms with Gasteiger partial charge in [0.1, 0.15) is 0 Å². The summed E-state index contributed by atoms with van der Waals surface area (Å²) in [6.07, 6.45) is 4.51. The van der Waals surface area contributed by atoms with Gasteiger partial charge in [-0.1, -0.05) is 43.5 Å². The number of hydrogen-bond acceptors (Lipinski definition) is 1. The molecule has 1 atom stereocenters. The molecule has 0 saturated heterocycles. The standard InChI is InChI=1S/C15H21Cl2N/c1-10(2)8-14(18)15(6-3-7-15)12-9-11(16)4-5-13(12)17/h4-5,9-10,14H,3,6-8,18H2,1-2H3. The van der Waals surface area contributed by atoms with Gasteiger partial charge in [0, 0.05) is 21.5 Å². The molecule has 1 aliphatic carbocycles. The van der Waals surface area contributed by atoms with Crippen LogP contribution in [0.15, 0.2) is 18.2 Å². The van der Waals surface area contributed by atoms with E-state index >= 15 is 0 Å². The van der Waals surface area contributed by atoms with Crippen molar-refractivity contribution in [1.82, 2.24) is 0 Å². The van der Waals surface area contributed by atoms with Crippen molar-refractivity contribution in [3.05, 3.63) is 33.8 Å². The van der Waals surface area contributed by atoms with E-state index in [0.717, 1.165) is 34.9 Å². The smallest absolute Gasteiger partial charge is 0.0445 e. The van der Waals surface area contributed by atoms with Gasteiger partial charge >= 0.3 is 0 Å². The molecule has 18 heavy (non-hydrogen) atoms. The number of halogens is 2. The van der Waals surface area contributed by atoms with Gasteiger partial charge in [-0.2, -0.15) is 0 Å². The third-order valence-corrected chi connectivity index (χ3v) is 4.71. The maximum Gasteiger partial charge on any atom is 0.0445 e. The summed E-state index contributed by atoms with van der Waals surface area (Å²) in [4.78, 5) is 0. The van der Waals surface area contributed by atoms with Crippen molar-refractivity contribution in [3.8, 4) is 0 Å². The molecule has 2 rings (SSSR count). The SMILES string of the molecule is CC(C)CC(N)C1(c2cc(Cl)ccc2Cl)CCC1. The molecule has 3 heteroatoms. The summed E-state index contributed by atoms with van der Waals surface area (Å²) in [5.74, 6) is 0.607. The minimum absolute atomic E-state index is 0.0479. The lowest BCUT2D eigenvalue weighted by atomic mass is 9.59.